The Morgan fingerprint density at radius 1 is 1.40 bits per heavy atom. The molecule has 0 saturated carbocycles. The number of hydrogen-bond donors (Lipinski definition) is 1. The van der Waals surface area contributed by atoms with Gasteiger partial charge in [-0.25, -0.2) is 4.98 Å². The number of nitrogen functional groups attached to an aromatic ring is 1. The van der Waals surface area contributed by atoms with Crippen molar-refractivity contribution in [2.75, 3.05) is 18.9 Å². The van der Waals surface area contributed by atoms with Gasteiger partial charge < -0.3 is 15.2 Å². The summed E-state index contributed by atoms with van der Waals surface area (Å²) in [6.45, 7) is 2.23. The van der Waals surface area contributed by atoms with Crippen LogP contribution in [0.3, 0.4) is 0 Å². The number of aromatic nitrogens is 1. The monoisotopic (exact) mass is 208 g/mol. The van der Waals surface area contributed by atoms with Crippen molar-refractivity contribution in [3.8, 4) is 0 Å². The molecule has 2 rings (SSSR count). The van der Waals surface area contributed by atoms with Gasteiger partial charge in [0.2, 0.25) is 0 Å². The van der Waals surface area contributed by atoms with Crippen molar-refractivity contribution in [2.24, 2.45) is 0 Å². The number of nitrogens with zero attached hydrogens (tertiary/aromatic N) is 1. The third-order valence-corrected chi connectivity index (χ3v) is 2.50. The molecule has 2 heterocycles. The molecule has 0 unspecified atom stereocenters. The maximum absolute atomic E-state index is 5.75. The van der Waals surface area contributed by atoms with E-state index in [2.05, 4.69) is 4.98 Å². The molecule has 2 N–H and O–H groups in total. The van der Waals surface area contributed by atoms with Crippen LogP contribution in [0.2, 0.25) is 0 Å². The number of hydrogen-bond acceptors (Lipinski definition) is 4. The van der Waals surface area contributed by atoms with Crippen LogP contribution in [0.15, 0.2) is 18.3 Å². The molecule has 1 aromatic rings. The third-order valence-electron chi connectivity index (χ3n) is 2.50. The highest BCUT2D eigenvalue weighted by molar-refractivity contribution is 5.28. The van der Waals surface area contributed by atoms with Crippen molar-refractivity contribution in [3.05, 3.63) is 23.9 Å². The Labute approximate surface area is 89.4 Å². The van der Waals surface area contributed by atoms with E-state index in [0.717, 1.165) is 31.6 Å². The van der Waals surface area contributed by atoms with Crippen LogP contribution >= 0.6 is 0 Å². The van der Waals surface area contributed by atoms with Crippen LogP contribution in [0, 0.1) is 0 Å². The van der Waals surface area contributed by atoms with Gasteiger partial charge in [0.1, 0.15) is 5.82 Å². The van der Waals surface area contributed by atoms with Gasteiger partial charge in [0.05, 0.1) is 12.7 Å². The Hall–Kier alpha value is -1.13. The van der Waals surface area contributed by atoms with E-state index in [9.17, 15) is 0 Å². The van der Waals surface area contributed by atoms with Crippen molar-refractivity contribution < 1.29 is 9.47 Å². The highest BCUT2D eigenvalue weighted by Gasteiger charge is 2.13. The highest BCUT2D eigenvalue weighted by Crippen LogP contribution is 2.13. The lowest BCUT2D eigenvalue weighted by Gasteiger charge is -2.22. The van der Waals surface area contributed by atoms with Gasteiger partial charge in [-0.3, -0.25) is 0 Å². The summed E-state index contributed by atoms with van der Waals surface area (Å²) >= 11 is 0. The van der Waals surface area contributed by atoms with E-state index < -0.39 is 0 Å². The fourth-order valence-electron chi connectivity index (χ4n) is 1.58. The van der Waals surface area contributed by atoms with Crippen molar-refractivity contribution >= 4 is 5.82 Å². The molecule has 82 valence electrons. The average molecular weight is 208 g/mol. The third kappa shape index (κ3) is 3.18. The first kappa shape index (κ1) is 10.4. The van der Waals surface area contributed by atoms with Crippen LogP contribution in [0.25, 0.3) is 0 Å². The standard InChI is InChI=1S/C11H16N2O2/c12-11-2-1-9(7-13-11)8-15-10-3-5-14-6-4-10/h1-2,7,10H,3-6,8H2,(H2,12,13). The first-order valence-corrected chi connectivity index (χ1v) is 5.24. The van der Waals surface area contributed by atoms with Gasteiger partial charge in [-0.15, -0.1) is 0 Å². The van der Waals surface area contributed by atoms with E-state index in [1.807, 2.05) is 6.07 Å². The minimum absolute atomic E-state index is 0.330. The zero-order chi connectivity index (χ0) is 10.5. The van der Waals surface area contributed by atoms with Crippen molar-refractivity contribution in [3.63, 3.8) is 0 Å². The van der Waals surface area contributed by atoms with Crippen molar-refractivity contribution in [1.29, 1.82) is 0 Å². The molecular weight excluding hydrogens is 192 g/mol. The first-order chi connectivity index (χ1) is 7.34. The van der Waals surface area contributed by atoms with Crippen LogP contribution in [-0.4, -0.2) is 24.3 Å². The highest BCUT2D eigenvalue weighted by atomic mass is 16.5. The number of nitrogens with two attached hydrogens (primary N) is 1. The SMILES string of the molecule is Nc1ccc(COC2CCOCC2)cn1. The molecule has 4 heteroatoms. The maximum Gasteiger partial charge on any atom is 0.123 e. The predicted molar refractivity (Wildman–Crippen MR) is 57.3 cm³/mol. The summed E-state index contributed by atoms with van der Waals surface area (Å²) in [6.07, 6.45) is 4.07. The lowest BCUT2D eigenvalue weighted by atomic mass is 10.1. The fourth-order valence-corrected chi connectivity index (χ4v) is 1.58. The summed E-state index contributed by atoms with van der Waals surface area (Å²) in [7, 11) is 0. The Kier molecular flexibility index (Phi) is 3.53. The molecule has 0 aromatic carbocycles. The maximum atomic E-state index is 5.75. The molecule has 1 aliphatic heterocycles. The molecule has 0 bridgehead atoms. The quantitative estimate of drug-likeness (QED) is 0.814. The smallest absolute Gasteiger partial charge is 0.123 e. The second-order valence-electron chi connectivity index (χ2n) is 3.71. The van der Waals surface area contributed by atoms with Gasteiger partial charge in [-0.2, -0.15) is 0 Å². The average Bonchev–Trinajstić information content (AvgIpc) is 2.30. The molecule has 1 fully saturated rings. The van der Waals surface area contributed by atoms with E-state index >= 15 is 0 Å². The lowest BCUT2D eigenvalue weighted by molar-refractivity contribution is -0.0391. The van der Waals surface area contributed by atoms with Gasteiger partial charge in [0, 0.05) is 19.4 Å². The van der Waals surface area contributed by atoms with E-state index in [1.165, 1.54) is 0 Å². The van der Waals surface area contributed by atoms with Crippen LogP contribution in [-0.2, 0) is 16.1 Å². The van der Waals surface area contributed by atoms with Crippen molar-refractivity contribution in [2.45, 2.75) is 25.6 Å². The minimum atomic E-state index is 0.330. The molecule has 0 radical (unpaired) electrons. The zero-order valence-electron chi connectivity index (χ0n) is 8.69. The van der Waals surface area contributed by atoms with E-state index in [0.29, 0.717) is 18.5 Å². The van der Waals surface area contributed by atoms with Gasteiger partial charge >= 0.3 is 0 Å². The van der Waals surface area contributed by atoms with E-state index in [-0.39, 0.29) is 0 Å². The molecule has 0 amide bonds. The largest absolute Gasteiger partial charge is 0.384 e. The fraction of sp³-hybridized carbons (Fsp3) is 0.545. The lowest BCUT2D eigenvalue weighted by Crippen LogP contribution is -2.23. The second kappa shape index (κ2) is 5.09. The summed E-state index contributed by atoms with van der Waals surface area (Å²) in [6, 6.07) is 3.74. The summed E-state index contributed by atoms with van der Waals surface area (Å²) < 4.78 is 11.0. The minimum Gasteiger partial charge on any atom is -0.384 e. The Morgan fingerprint density at radius 2 is 2.20 bits per heavy atom. The van der Waals surface area contributed by atoms with Gasteiger partial charge in [0.15, 0.2) is 0 Å². The predicted octanol–water partition coefficient (Wildman–Crippen LogP) is 1.36. The molecular formula is C11H16N2O2. The molecule has 0 spiro atoms. The summed E-state index contributed by atoms with van der Waals surface area (Å²) in [4.78, 5) is 4.02. The first-order valence-electron chi connectivity index (χ1n) is 5.24. The summed E-state index contributed by atoms with van der Waals surface area (Å²) in [5.41, 5.74) is 6.56. The second-order valence-corrected chi connectivity index (χ2v) is 3.71. The molecule has 1 saturated heterocycles. The summed E-state index contributed by atoms with van der Waals surface area (Å²) in [5.74, 6) is 0.546. The molecule has 15 heavy (non-hydrogen) atoms. The zero-order valence-corrected chi connectivity index (χ0v) is 8.69. The van der Waals surface area contributed by atoms with Gasteiger partial charge in [-0.1, -0.05) is 6.07 Å². The van der Waals surface area contributed by atoms with Crippen LogP contribution in [0.1, 0.15) is 18.4 Å². The number of pyridine rings is 1. The van der Waals surface area contributed by atoms with E-state index in [1.54, 1.807) is 12.3 Å². The van der Waals surface area contributed by atoms with Crippen LogP contribution in [0.4, 0.5) is 5.82 Å². The Morgan fingerprint density at radius 3 is 2.87 bits per heavy atom. The molecule has 1 aliphatic rings. The molecule has 4 nitrogen and oxygen atoms in total. The molecule has 0 atom stereocenters. The number of anilines is 1. The summed E-state index contributed by atoms with van der Waals surface area (Å²) in [5, 5.41) is 0. The van der Waals surface area contributed by atoms with Crippen molar-refractivity contribution in [1.82, 2.24) is 4.98 Å². The van der Waals surface area contributed by atoms with Crippen LogP contribution in [0.5, 0.6) is 0 Å². The van der Waals surface area contributed by atoms with Gasteiger partial charge in [0.25, 0.3) is 0 Å². The molecule has 1 aromatic heterocycles. The molecule has 0 aliphatic carbocycles. The number of rotatable bonds is 3. The normalized spacial score (nSPS) is 17.9. The topological polar surface area (TPSA) is 57.4 Å². The Balaban J connectivity index is 1.79. The number of ether oxygens (including phenoxy) is 2. The van der Waals surface area contributed by atoms with Crippen LogP contribution < -0.4 is 5.73 Å². The van der Waals surface area contributed by atoms with E-state index in [4.69, 9.17) is 15.2 Å². The van der Waals surface area contributed by atoms with Gasteiger partial charge in [-0.05, 0) is 24.5 Å². The Bertz CT molecular complexity index is 294.